The summed E-state index contributed by atoms with van der Waals surface area (Å²) in [5, 5.41) is 11.4. The molecule has 5 heteroatoms. The Morgan fingerprint density at radius 3 is 2.77 bits per heavy atom. The van der Waals surface area contributed by atoms with E-state index < -0.39 is 0 Å². The minimum Gasteiger partial charge on any atom is -0.485 e. The highest BCUT2D eigenvalue weighted by molar-refractivity contribution is 7.14. The maximum absolute atomic E-state index is 8.41. The van der Waals surface area contributed by atoms with E-state index in [9.17, 15) is 0 Å². The number of aryl methyl sites for hydroxylation is 1. The topological polar surface area (TPSA) is 51.1 Å². The average molecular weight is 199 g/mol. The molecule has 0 saturated carbocycles. The minimum absolute atomic E-state index is 0.551. The van der Waals surface area contributed by atoms with Gasteiger partial charge in [0.25, 0.3) is 0 Å². The van der Waals surface area contributed by atoms with Gasteiger partial charge in [-0.1, -0.05) is 5.16 Å². The maximum atomic E-state index is 8.41. The predicted molar refractivity (Wildman–Crippen MR) is 49.4 cm³/mol. The molecule has 0 amide bonds. The van der Waals surface area contributed by atoms with Crippen LogP contribution in [0.1, 0.15) is 9.75 Å². The molecule has 0 unspecified atom stereocenters. The van der Waals surface area contributed by atoms with Crippen LogP contribution in [0.2, 0.25) is 0 Å². The van der Waals surface area contributed by atoms with E-state index >= 15 is 0 Å². The predicted octanol–water partition coefficient (Wildman–Crippen LogP) is 1.64. The van der Waals surface area contributed by atoms with E-state index in [4.69, 9.17) is 14.7 Å². The van der Waals surface area contributed by atoms with E-state index in [1.165, 1.54) is 17.6 Å². The Bertz CT molecular complexity index is 345. The first-order chi connectivity index (χ1) is 6.33. The number of oxime groups is 1. The van der Waals surface area contributed by atoms with Gasteiger partial charge in [0.15, 0.2) is 11.5 Å². The van der Waals surface area contributed by atoms with Crippen molar-refractivity contribution in [3.63, 3.8) is 0 Å². The van der Waals surface area contributed by atoms with Gasteiger partial charge >= 0.3 is 0 Å². The number of fused-ring (bicyclic) bond motifs is 1. The average Bonchev–Trinajstić information content (AvgIpc) is 2.46. The molecule has 1 aliphatic rings. The largest absolute Gasteiger partial charge is 0.485 e. The number of ether oxygens (including phenoxy) is 2. The fourth-order valence-corrected chi connectivity index (χ4v) is 2.18. The molecule has 2 rings (SSSR count). The highest BCUT2D eigenvalue weighted by atomic mass is 32.1. The van der Waals surface area contributed by atoms with Crippen LogP contribution in [0.3, 0.4) is 0 Å². The zero-order valence-electron chi connectivity index (χ0n) is 7.11. The molecule has 70 valence electrons. The zero-order chi connectivity index (χ0) is 9.26. The number of hydrogen-bond donors (Lipinski definition) is 1. The van der Waals surface area contributed by atoms with Crippen LogP contribution in [0.15, 0.2) is 5.16 Å². The third-order valence-electron chi connectivity index (χ3n) is 1.76. The quantitative estimate of drug-likeness (QED) is 0.425. The summed E-state index contributed by atoms with van der Waals surface area (Å²) < 4.78 is 10.8. The van der Waals surface area contributed by atoms with Gasteiger partial charge in [-0.05, 0) is 6.92 Å². The van der Waals surface area contributed by atoms with Crippen molar-refractivity contribution in [2.75, 3.05) is 13.2 Å². The maximum Gasteiger partial charge on any atom is 0.181 e. The molecule has 1 N–H and O–H groups in total. The van der Waals surface area contributed by atoms with E-state index in [1.54, 1.807) is 0 Å². The number of rotatable bonds is 1. The summed E-state index contributed by atoms with van der Waals surface area (Å²) in [6.45, 7) is 3.09. The van der Waals surface area contributed by atoms with Crippen molar-refractivity contribution in [2.45, 2.75) is 6.92 Å². The third-order valence-corrected chi connectivity index (χ3v) is 2.77. The molecule has 0 radical (unpaired) electrons. The molecule has 1 aromatic heterocycles. The second-order valence-corrected chi connectivity index (χ2v) is 3.88. The van der Waals surface area contributed by atoms with Crippen LogP contribution in [0, 0.1) is 6.92 Å². The molecule has 4 nitrogen and oxygen atoms in total. The van der Waals surface area contributed by atoms with Gasteiger partial charge in [0.1, 0.15) is 13.2 Å². The van der Waals surface area contributed by atoms with Crippen LogP contribution < -0.4 is 9.47 Å². The molecule has 0 fully saturated rings. The second-order valence-electron chi connectivity index (χ2n) is 2.62. The molecular weight excluding hydrogens is 190 g/mol. The Morgan fingerprint density at radius 2 is 2.08 bits per heavy atom. The molecule has 0 aromatic carbocycles. The third kappa shape index (κ3) is 1.35. The van der Waals surface area contributed by atoms with Gasteiger partial charge in [-0.15, -0.1) is 11.3 Å². The van der Waals surface area contributed by atoms with Gasteiger partial charge in [0, 0.05) is 4.88 Å². The second kappa shape index (κ2) is 3.26. The Labute approximate surface area is 79.4 Å². The van der Waals surface area contributed by atoms with Crippen molar-refractivity contribution >= 4 is 17.6 Å². The lowest BCUT2D eigenvalue weighted by molar-refractivity contribution is 0.172. The van der Waals surface area contributed by atoms with Crippen LogP contribution in [0.25, 0.3) is 0 Å². The molecule has 1 aromatic rings. The van der Waals surface area contributed by atoms with E-state index in [-0.39, 0.29) is 0 Å². The molecule has 1 aliphatic heterocycles. The Hall–Kier alpha value is -1.23. The van der Waals surface area contributed by atoms with Crippen LogP contribution >= 0.6 is 11.3 Å². The number of thiophene rings is 1. The van der Waals surface area contributed by atoms with E-state index in [0.717, 1.165) is 15.5 Å². The van der Waals surface area contributed by atoms with Crippen molar-refractivity contribution in [1.29, 1.82) is 0 Å². The van der Waals surface area contributed by atoms with Gasteiger partial charge in [0.05, 0.1) is 11.1 Å². The van der Waals surface area contributed by atoms with E-state index in [1.807, 2.05) is 6.92 Å². The minimum atomic E-state index is 0.551. The zero-order valence-corrected chi connectivity index (χ0v) is 7.93. The smallest absolute Gasteiger partial charge is 0.181 e. The monoisotopic (exact) mass is 199 g/mol. The number of hydrogen-bond acceptors (Lipinski definition) is 5. The standard InChI is InChI=1S/C8H9NO3S/c1-5-7-8(12-3-2-11-7)6(13-5)4-9-10/h4,10H,2-3H2,1H3/b9-4+. The van der Waals surface area contributed by atoms with Crippen molar-refractivity contribution in [3.8, 4) is 11.5 Å². The summed E-state index contributed by atoms with van der Waals surface area (Å²) in [5.74, 6) is 1.48. The van der Waals surface area contributed by atoms with Gasteiger partial charge in [-0.25, -0.2) is 0 Å². The van der Waals surface area contributed by atoms with Crippen LogP contribution in [0.5, 0.6) is 11.5 Å². The first-order valence-corrected chi connectivity index (χ1v) is 4.71. The fourth-order valence-electron chi connectivity index (χ4n) is 1.26. The molecule has 0 saturated heterocycles. The highest BCUT2D eigenvalue weighted by Crippen LogP contribution is 2.42. The summed E-state index contributed by atoms with van der Waals surface area (Å²) in [6.07, 6.45) is 1.37. The van der Waals surface area contributed by atoms with Crippen LogP contribution in [0.4, 0.5) is 0 Å². The molecule has 2 heterocycles. The molecule has 0 bridgehead atoms. The summed E-state index contributed by atoms with van der Waals surface area (Å²) >= 11 is 1.50. The normalized spacial score (nSPS) is 15.2. The molecule has 0 spiro atoms. The summed E-state index contributed by atoms with van der Waals surface area (Å²) in [7, 11) is 0. The molecule has 13 heavy (non-hydrogen) atoms. The van der Waals surface area contributed by atoms with Gasteiger partial charge in [-0.3, -0.25) is 0 Å². The van der Waals surface area contributed by atoms with E-state index in [0.29, 0.717) is 19.0 Å². The first kappa shape index (κ1) is 8.37. The Balaban J connectivity index is 2.47. The fraction of sp³-hybridized carbons (Fsp3) is 0.375. The summed E-state index contributed by atoms with van der Waals surface area (Å²) in [5.41, 5.74) is 0. The molecular formula is C8H9NO3S. The van der Waals surface area contributed by atoms with Gasteiger partial charge in [-0.2, -0.15) is 0 Å². The van der Waals surface area contributed by atoms with Crippen molar-refractivity contribution in [1.82, 2.24) is 0 Å². The lowest BCUT2D eigenvalue weighted by atomic mass is 10.3. The first-order valence-electron chi connectivity index (χ1n) is 3.89. The summed E-state index contributed by atoms with van der Waals surface area (Å²) in [4.78, 5) is 1.85. The lowest BCUT2D eigenvalue weighted by Gasteiger charge is -2.15. The van der Waals surface area contributed by atoms with Gasteiger partial charge in [0.2, 0.25) is 0 Å². The lowest BCUT2D eigenvalue weighted by Crippen LogP contribution is -2.15. The van der Waals surface area contributed by atoms with Crippen molar-refractivity contribution in [2.24, 2.45) is 5.16 Å². The SMILES string of the molecule is Cc1sc(/C=N/O)c2c1OCCO2. The summed E-state index contributed by atoms with van der Waals surface area (Å²) in [6, 6.07) is 0. The number of nitrogens with zero attached hydrogens (tertiary/aromatic N) is 1. The Kier molecular flexibility index (Phi) is 2.10. The van der Waals surface area contributed by atoms with Crippen LogP contribution in [-0.2, 0) is 0 Å². The molecule has 0 atom stereocenters. The van der Waals surface area contributed by atoms with Crippen LogP contribution in [-0.4, -0.2) is 24.6 Å². The van der Waals surface area contributed by atoms with E-state index in [2.05, 4.69) is 5.16 Å². The highest BCUT2D eigenvalue weighted by Gasteiger charge is 2.20. The van der Waals surface area contributed by atoms with Gasteiger partial charge < -0.3 is 14.7 Å². The Morgan fingerprint density at radius 1 is 1.38 bits per heavy atom. The molecule has 0 aliphatic carbocycles. The van der Waals surface area contributed by atoms with Crippen molar-refractivity contribution < 1.29 is 14.7 Å². The van der Waals surface area contributed by atoms with Crippen molar-refractivity contribution in [3.05, 3.63) is 9.75 Å².